The molecular formula is C6H12BrNO. The average Bonchev–Trinajstić information content (AvgIpc) is 1.87. The van der Waals surface area contributed by atoms with Crippen LogP contribution in [0.1, 0.15) is 13.3 Å². The van der Waals surface area contributed by atoms with Crippen molar-refractivity contribution in [3.05, 3.63) is 0 Å². The zero-order chi connectivity index (χ0) is 7.28. The number of nitrogens with zero attached hydrogens (tertiary/aromatic N) is 1. The molecule has 0 radical (unpaired) electrons. The van der Waals surface area contributed by atoms with Gasteiger partial charge < -0.3 is 4.90 Å². The first-order chi connectivity index (χ1) is 4.22. The van der Waals surface area contributed by atoms with Crippen LogP contribution in [0.2, 0.25) is 0 Å². The zero-order valence-electron chi connectivity index (χ0n) is 5.85. The quantitative estimate of drug-likeness (QED) is 0.619. The Labute approximate surface area is 64.4 Å². The topological polar surface area (TPSA) is 20.3 Å². The van der Waals surface area contributed by atoms with Crippen LogP contribution in [-0.2, 0) is 4.79 Å². The van der Waals surface area contributed by atoms with E-state index in [0.717, 1.165) is 11.9 Å². The first-order valence-corrected chi connectivity index (χ1v) is 4.14. The van der Waals surface area contributed by atoms with Gasteiger partial charge in [-0.25, -0.2) is 0 Å². The highest BCUT2D eigenvalue weighted by molar-refractivity contribution is 9.09. The normalized spacial score (nSPS) is 9.22. The summed E-state index contributed by atoms with van der Waals surface area (Å²) in [5.41, 5.74) is 0. The van der Waals surface area contributed by atoms with Gasteiger partial charge in [0, 0.05) is 25.3 Å². The molecule has 0 spiro atoms. The number of amides is 1. The Morgan fingerprint density at radius 3 is 2.56 bits per heavy atom. The molecule has 0 atom stereocenters. The van der Waals surface area contributed by atoms with Gasteiger partial charge in [0.25, 0.3) is 0 Å². The van der Waals surface area contributed by atoms with Crippen molar-refractivity contribution >= 4 is 21.8 Å². The number of hydrogen-bond donors (Lipinski definition) is 0. The number of hydrogen-bond acceptors (Lipinski definition) is 1. The molecule has 0 aromatic rings. The molecule has 0 saturated heterocycles. The van der Waals surface area contributed by atoms with E-state index >= 15 is 0 Å². The maximum absolute atomic E-state index is 10.9. The fourth-order valence-corrected chi connectivity index (χ4v) is 0.787. The molecule has 0 aliphatic heterocycles. The van der Waals surface area contributed by atoms with Crippen LogP contribution in [0.3, 0.4) is 0 Å². The van der Waals surface area contributed by atoms with Crippen molar-refractivity contribution < 1.29 is 4.79 Å². The Bertz CT molecular complexity index is 95.1. The molecule has 9 heavy (non-hydrogen) atoms. The minimum Gasteiger partial charge on any atom is -0.346 e. The van der Waals surface area contributed by atoms with Gasteiger partial charge in [0.05, 0.1) is 0 Å². The monoisotopic (exact) mass is 193 g/mol. The van der Waals surface area contributed by atoms with Gasteiger partial charge >= 0.3 is 0 Å². The summed E-state index contributed by atoms with van der Waals surface area (Å²) in [5, 5.41) is 0.760. The number of rotatable bonds is 3. The van der Waals surface area contributed by atoms with Gasteiger partial charge in [-0.1, -0.05) is 15.9 Å². The Morgan fingerprint density at radius 2 is 2.22 bits per heavy atom. The summed E-state index contributed by atoms with van der Waals surface area (Å²) in [5.74, 6) is 0.203. The highest BCUT2D eigenvalue weighted by Gasteiger charge is 2.02. The number of carbonyl (C=O) groups excluding carboxylic acids is 1. The van der Waals surface area contributed by atoms with Crippen molar-refractivity contribution in [3.8, 4) is 0 Å². The number of halogens is 1. The van der Waals surface area contributed by atoms with Crippen molar-refractivity contribution in [2.45, 2.75) is 13.3 Å². The molecule has 0 aliphatic carbocycles. The third-order valence-electron chi connectivity index (χ3n) is 1.21. The fraction of sp³-hybridized carbons (Fsp3) is 0.833. The number of alkyl halides is 1. The van der Waals surface area contributed by atoms with E-state index in [1.54, 1.807) is 4.90 Å². The molecule has 0 saturated carbocycles. The second-order valence-corrected chi connectivity index (χ2v) is 2.64. The molecule has 54 valence electrons. The lowest BCUT2D eigenvalue weighted by atomic mass is 10.4. The lowest BCUT2D eigenvalue weighted by Gasteiger charge is -2.12. The first-order valence-electron chi connectivity index (χ1n) is 3.02. The molecular weight excluding hydrogens is 182 g/mol. The van der Waals surface area contributed by atoms with Gasteiger partial charge in [-0.3, -0.25) is 4.79 Å². The predicted octanol–water partition coefficient (Wildman–Crippen LogP) is 1.25. The lowest BCUT2D eigenvalue weighted by Crippen LogP contribution is -2.26. The van der Waals surface area contributed by atoms with Gasteiger partial charge in [0.2, 0.25) is 5.91 Å². The Kier molecular flexibility index (Phi) is 4.77. The molecule has 0 heterocycles. The van der Waals surface area contributed by atoms with Crippen molar-refractivity contribution in [1.82, 2.24) is 4.90 Å². The Morgan fingerprint density at radius 1 is 1.67 bits per heavy atom. The molecule has 0 aromatic heterocycles. The second kappa shape index (κ2) is 4.79. The predicted molar refractivity (Wildman–Crippen MR) is 41.7 cm³/mol. The highest BCUT2D eigenvalue weighted by Crippen LogP contribution is 1.92. The van der Waals surface area contributed by atoms with Crippen LogP contribution >= 0.6 is 15.9 Å². The summed E-state index contributed by atoms with van der Waals surface area (Å²) >= 11 is 3.20. The third-order valence-corrected chi connectivity index (χ3v) is 1.60. The van der Waals surface area contributed by atoms with E-state index in [9.17, 15) is 4.79 Å². The van der Waals surface area contributed by atoms with E-state index in [1.165, 1.54) is 0 Å². The zero-order valence-corrected chi connectivity index (χ0v) is 7.44. The van der Waals surface area contributed by atoms with Crippen LogP contribution in [0.25, 0.3) is 0 Å². The van der Waals surface area contributed by atoms with Crippen LogP contribution < -0.4 is 0 Å². The van der Waals surface area contributed by atoms with E-state index in [1.807, 2.05) is 14.0 Å². The highest BCUT2D eigenvalue weighted by atomic mass is 79.9. The summed E-state index contributed by atoms with van der Waals surface area (Å²) in [6, 6.07) is 0. The first kappa shape index (κ1) is 8.95. The third kappa shape index (κ3) is 3.51. The summed E-state index contributed by atoms with van der Waals surface area (Å²) in [7, 11) is 1.81. The molecule has 2 nitrogen and oxygen atoms in total. The molecule has 0 rings (SSSR count). The van der Waals surface area contributed by atoms with Gasteiger partial charge in [0.15, 0.2) is 0 Å². The fourth-order valence-electron chi connectivity index (χ4n) is 0.448. The number of carbonyl (C=O) groups is 1. The summed E-state index contributed by atoms with van der Waals surface area (Å²) < 4.78 is 0. The van der Waals surface area contributed by atoms with Crippen molar-refractivity contribution in [1.29, 1.82) is 0 Å². The van der Waals surface area contributed by atoms with Crippen molar-refractivity contribution in [3.63, 3.8) is 0 Å². The van der Waals surface area contributed by atoms with Crippen molar-refractivity contribution in [2.75, 3.05) is 18.9 Å². The molecule has 0 aliphatic rings. The molecule has 1 amide bonds. The van der Waals surface area contributed by atoms with Crippen LogP contribution in [0, 0.1) is 0 Å². The van der Waals surface area contributed by atoms with E-state index in [2.05, 4.69) is 15.9 Å². The van der Waals surface area contributed by atoms with Crippen LogP contribution in [0.15, 0.2) is 0 Å². The molecule has 3 heteroatoms. The van der Waals surface area contributed by atoms with E-state index in [-0.39, 0.29) is 5.91 Å². The van der Waals surface area contributed by atoms with Gasteiger partial charge in [-0.15, -0.1) is 0 Å². The molecule has 0 N–H and O–H groups in total. The van der Waals surface area contributed by atoms with Crippen molar-refractivity contribution in [2.24, 2.45) is 0 Å². The van der Waals surface area contributed by atoms with Gasteiger partial charge in [-0.2, -0.15) is 0 Å². The standard InChI is InChI=1S/C6H12BrNO/c1-3-8(2)6(9)4-5-7/h3-5H2,1-2H3. The van der Waals surface area contributed by atoms with Gasteiger partial charge in [0.1, 0.15) is 0 Å². The molecule has 0 aromatic carbocycles. The summed E-state index contributed by atoms with van der Waals surface area (Å²) in [6.45, 7) is 2.76. The SMILES string of the molecule is CCN(C)C(=O)CCBr. The van der Waals surface area contributed by atoms with Crippen LogP contribution in [-0.4, -0.2) is 29.7 Å². The summed E-state index contributed by atoms with van der Waals surface area (Å²) in [6.07, 6.45) is 0.602. The minimum absolute atomic E-state index is 0.203. The van der Waals surface area contributed by atoms with E-state index in [0.29, 0.717) is 6.42 Å². The van der Waals surface area contributed by atoms with Crippen LogP contribution in [0.4, 0.5) is 0 Å². The molecule has 0 bridgehead atoms. The summed E-state index contributed by atoms with van der Waals surface area (Å²) in [4.78, 5) is 12.6. The molecule has 0 unspecified atom stereocenters. The largest absolute Gasteiger partial charge is 0.346 e. The maximum atomic E-state index is 10.9. The molecule has 0 fully saturated rings. The smallest absolute Gasteiger partial charge is 0.223 e. The Hall–Kier alpha value is -0.0500. The average molecular weight is 194 g/mol. The van der Waals surface area contributed by atoms with E-state index in [4.69, 9.17) is 0 Å². The van der Waals surface area contributed by atoms with Crippen LogP contribution in [0.5, 0.6) is 0 Å². The van der Waals surface area contributed by atoms with E-state index < -0.39 is 0 Å². The Balaban J connectivity index is 3.46. The lowest BCUT2D eigenvalue weighted by molar-refractivity contribution is -0.129. The maximum Gasteiger partial charge on any atom is 0.223 e. The minimum atomic E-state index is 0.203. The van der Waals surface area contributed by atoms with Gasteiger partial charge in [-0.05, 0) is 6.92 Å². The second-order valence-electron chi connectivity index (χ2n) is 1.85.